The molecule has 1 fully saturated rings. The average Bonchev–Trinajstić information content (AvgIpc) is 3.24. The van der Waals surface area contributed by atoms with E-state index < -0.39 is 0 Å². The largest absolute Gasteiger partial charge is 0.333 e. The van der Waals surface area contributed by atoms with Crippen molar-refractivity contribution in [2.24, 2.45) is 5.92 Å². The van der Waals surface area contributed by atoms with Crippen LogP contribution in [0.25, 0.3) is 0 Å². The van der Waals surface area contributed by atoms with Crippen molar-refractivity contribution in [2.75, 3.05) is 18.4 Å². The second-order valence-corrected chi connectivity index (χ2v) is 7.68. The standard InChI is InChI=1S/C16H20N4O2S2/c1-11-8-14(24-19-11)18-15(21)12-4-2-6-20(10-12)16(22)17-9-13-5-3-7-23-13/h3,5,7-8,12H,2,4,6,9-10H2,1H3,(H,17,22)(H,18,21). The third-order valence-electron chi connectivity index (χ3n) is 3.95. The van der Waals surface area contributed by atoms with Gasteiger partial charge in [0.1, 0.15) is 5.00 Å². The number of hydrogen-bond donors (Lipinski definition) is 2. The molecule has 3 rings (SSSR count). The van der Waals surface area contributed by atoms with Gasteiger partial charge in [0, 0.05) is 18.0 Å². The number of piperidine rings is 1. The van der Waals surface area contributed by atoms with Crippen LogP contribution < -0.4 is 10.6 Å². The summed E-state index contributed by atoms with van der Waals surface area (Å²) >= 11 is 2.90. The number of carbonyl (C=O) groups excluding carboxylic acids is 2. The summed E-state index contributed by atoms with van der Waals surface area (Å²) in [6, 6.07) is 5.72. The van der Waals surface area contributed by atoms with Gasteiger partial charge in [-0.2, -0.15) is 4.37 Å². The molecule has 0 aromatic carbocycles. The van der Waals surface area contributed by atoms with Gasteiger partial charge in [-0.05, 0) is 48.8 Å². The zero-order valence-electron chi connectivity index (χ0n) is 13.4. The molecule has 1 aliphatic heterocycles. The lowest BCUT2D eigenvalue weighted by Crippen LogP contribution is -2.47. The number of carbonyl (C=O) groups is 2. The Balaban J connectivity index is 1.51. The minimum absolute atomic E-state index is 0.0330. The quantitative estimate of drug-likeness (QED) is 0.875. The molecule has 0 radical (unpaired) electrons. The Morgan fingerprint density at radius 3 is 3.04 bits per heavy atom. The van der Waals surface area contributed by atoms with E-state index in [0.29, 0.717) is 19.6 Å². The van der Waals surface area contributed by atoms with Crippen LogP contribution in [0.3, 0.4) is 0 Å². The van der Waals surface area contributed by atoms with Crippen LogP contribution in [-0.2, 0) is 11.3 Å². The molecule has 6 nitrogen and oxygen atoms in total. The maximum atomic E-state index is 12.4. The Labute approximate surface area is 149 Å². The second-order valence-electron chi connectivity index (χ2n) is 5.85. The van der Waals surface area contributed by atoms with Gasteiger partial charge in [-0.3, -0.25) is 4.79 Å². The number of thiophene rings is 1. The molecule has 3 amide bonds. The van der Waals surface area contributed by atoms with Crippen LogP contribution in [0.2, 0.25) is 0 Å². The summed E-state index contributed by atoms with van der Waals surface area (Å²) in [5.74, 6) is -0.206. The summed E-state index contributed by atoms with van der Waals surface area (Å²) in [5.41, 5.74) is 0.897. The molecule has 3 heterocycles. The van der Waals surface area contributed by atoms with Gasteiger partial charge in [-0.15, -0.1) is 11.3 Å². The number of nitrogens with one attached hydrogen (secondary N) is 2. The molecule has 1 atom stereocenters. The van der Waals surface area contributed by atoms with E-state index in [0.717, 1.165) is 28.4 Å². The number of hydrogen-bond acceptors (Lipinski definition) is 5. The first-order chi connectivity index (χ1) is 11.6. The van der Waals surface area contributed by atoms with E-state index in [1.54, 1.807) is 16.2 Å². The van der Waals surface area contributed by atoms with E-state index in [1.165, 1.54) is 11.5 Å². The third-order valence-corrected chi connectivity index (χ3v) is 5.62. The molecular formula is C16H20N4O2S2. The summed E-state index contributed by atoms with van der Waals surface area (Å²) < 4.78 is 4.16. The van der Waals surface area contributed by atoms with Crippen molar-refractivity contribution in [1.82, 2.24) is 14.6 Å². The summed E-state index contributed by atoms with van der Waals surface area (Å²) in [6.45, 7) is 3.58. The number of rotatable bonds is 4. The predicted molar refractivity (Wildman–Crippen MR) is 96.3 cm³/mol. The van der Waals surface area contributed by atoms with Crippen molar-refractivity contribution in [3.8, 4) is 0 Å². The minimum Gasteiger partial charge on any atom is -0.333 e. The summed E-state index contributed by atoms with van der Waals surface area (Å²) in [7, 11) is 0. The van der Waals surface area contributed by atoms with E-state index in [9.17, 15) is 9.59 Å². The Bertz CT molecular complexity index is 699. The highest BCUT2D eigenvalue weighted by molar-refractivity contribution is 7.10. The Kier molecular flexibility index (Phi) is 5.47. The molecule has 0 saturated carbocycles. The number of nitrogens with zero attached hydrogens (tertiary/aromatic N) is 2. The van der Waals surface area contributed by atoms with E-state index in [2.05, 4.69) is 15.0 Å². The van der Waals surface area contributed by atoms with Gasteiger partial charge < -0.3 is 15.5 Å². The maximum Gasteiger partial charge on any atom is 0.317 e. The second kappa shape index (κ2) is 7.76. The van der Waals surface area contributed by atoms with Crippen molar-refractivity contribution >= 4 is 39.8 Å². The van der Waals surface area contributed by atoms with Crippen molar-refractivity contribution in [3.05, 3.63) is 34.2 Å². The van der Waals surface area contributed by atoms with E-state index in [1.807, 2.05) is 30.5 Å². The highest BCUT2D eigenvalue weighted by Gasteiger charge is 2.28. The monoisotopic (exact) mass is 364 g/mol. The summed E-state index contributed by atoms with van der Waals surface area (Å²) in [5, 5.41) is 8.58. The lowest BCUT2D eigenvalue weighted by atomic mass is 9.97. The van der Waals surface area contributed by atoms with Crippen molar-refractivity contribution in [3.63, 3.8) is 0 Å². The number of amides is 3. The molecular weight excluding hydrogens is 344 g/mol. The van der Waals surface area contributed by atoms with Crippen LogP contribution in [0.15, 0.2) is 23.6 Å². The average molecular weight is 364 g/mol. The van der Waals surface area contributed by atoms with Crippen LogP contribution >= 0.6 is 22.9 Å². The van der Waals surface area contributed by atoms with Crippen LogP contribution in [0, 0.1) is 12.8 Å². The number of anilines is 1. The first-order valence-corrected chi connectivity index (χ1v) is 9.56. The molecule has 128 valence electrons. The first-order valence-electron chi connectivity index (χ1n) is 7.91. The predicted octanol–water partition coefficient (Wildman–Crippen LogP) is 3.07. The van der Waals surface area contributed by atoms with Crippen molar-refractivity contribution in [2.45, 2.75) is 26.3 Å². The molecule has 2 aromatic rings. The van der Waals surface area contributed by atoms with Gasteiger partial charge in [0.15, 0.2) is 0 Å². The normalized spacial score (nSPS) is 17.5. The van der Waals surface area contributed by atoms with E-state index in [4.69, 9.17) is 0 Å². The van der Waals surface area contributed by atoms with Crippen molar-refractivity contribution < 1.29 is 9.59 Å². The molecule has 1 aliphatic rings. The van der Waals surface area contributed by atoms with Gasteiger partial charge in [-0.25, -0.2) is 4.79 Å². The van der Waals surface area contributed by atoms with Gasteiger partial charge >= 0.3 is 6.03 Å². The summed E-state index contributed by atoms with van der Waals surface area (Å²) in [4.78, 5) is 27.6. The molecule has 2 N–H and O–H groups in total. The fraction of sp³-hybridized carbons (Fsp3) is 0.438. The topological polar surface area (TPSA) is 74.3 Å². The smallest absolute Gasteiger partial charge is 0.317 e. The highest BCUT2D eigenvalue weighted by atomic mass is 32.1. The number of aromatic nitrogens is 1. The van der Waals surface area contributed by atoms with Crippen LogP contribution in [0.1, 0.15) is 23.4 Å². The molecule has 0 aliphatic carbocycles. The van der Waals surface area contributed by atoms with Gasteiger partial charge in [0.2, 0.25) is 5.91 Å². The molecule has 1 unspecified atom stereocenters. The molecule has 0 spiro atoms. The van der Waals surface area contributed by atoms with Gasteiger partial charge in [-0.1, -0.05) is 6.07 Å². The van der Waals surface area contributed by atoms with E-state index in [-0.39, 0.29) is 17.9 Å². The van der Waals surface area contributed by atoms with Gasteiger partial charge in [0.05, 0.1) is 18.2 Å². The Hall–Kier alpha value is -1.93. The lowest BCUT2D eigenvalue weighted by Gasteiger charge is -2.31. The fourth-order valence-corrected chi connectivity index (χ4v) is 4.02. The van der Waals surface area contributed by atoms with Crippen molar-refractivity contribution in [1.29, 1.82) is 0 Å². The lowest BCUT2D eigenvalue weighted by molar-refractivity contribution is -0.121. The number of urea groups is 1. The number of likely N-dealkylation sites (tertiary alicyclic amines) is 1. The highest BCUT2D eigenvalue weighted by Crippen LogP contribution is 2.21. The SMILES string of the molecule is Cc1cc(NC(=O)C2CCCN(C(=O)NCc3cccs3)C2)sn1. The first kappa shape index (κ1) is 16.9. The fourth-order valence-electron chi connectivity index (χ4n) is 2.71. The molecule has 24 heavy (non-hydrogen) atoms. The third kappa shape index (κ3) is 4.33. The molecule has 1 saturated heterocycles. The molecule has 2 aromatic heterocycles. The summed E-state index contributed by atoms with van der Waals surface area (Å²) in [6.07, 6.45) is 1.64. The maximum absolute atomic E-state index is 12.4. The van der Waals surface area contributed by atoms with Crippen LogP contribution in [0.5, 0.6) is 0 Å². The molecule has 8 heteroatoms. The van der Waals surface area contributed by atoms with Gasteiger partial charge in [0.25, 0.3) is 0 Å². The van der Waals surface area contributed by atoms with Crippen LogP contribution in [-0.4, -0.2) is 34.3 Å². The Morgan fingerprint density at radius 1 is 1.46 bits per heavy atom. The molecule has 0 bridgehead atoms. The zero-order chi connectivity index (χ0) is 16.9. The zero-order valence-corrected chi connectivity index (χ0v) is 15.1. The minimum atomic E-state index is -0.173. The Morgan fingerprint density at radius 2 is 2.33 bits per heavy atom. The van der Waals surface area contributed by atoms with E-state index >= 15 is 0 Å². The number of aryl methyl sites for hydroxylation is 1. The van der Waals surface area contributed by atoms with Crippen LogP contribution in [0.4, 0.5) is 9.80 Å².